The molecule has 150 valence electrons. The number of para-hydroxylation sites is 1. The van der Waals surface area contributed by atoms with Gasteiger partial charge in [-0.2, -0.15) is 12.1 Å². The summed E-state index contributed by atoms with van der Waals surface area (Å²) >= 11 is -0.181. The van der Waals surface area contributed by atoms with Crippen molar-refractivity contribution in [2.24, 2.45) is 5.41 Å². The summed E-state index contributed by atoms with van der Waals surface area (Å²) in [4.78, 5) is 0. The molecule has 0 unspecified atom stereocenters. The van der Waals surface area contributed by atoms with Crippen molar-refractivity contribution < 1.29 is 13.4 Å². The number of benzene rings is 2. The van der Waals surface area contributed by atoms with Crippen LogP contribution in [-0.4, -0.2) is 0 Å². The van der Waals surface area contributed by atoms with Gasteiger partial charge in [-0.25, -0.2) is 5.56 Å². The van der Waals surface area contributed by atoms with Gasteiger partial charge in [0.2, 0.25) is 0 Å². The molecular weight excluding hydrogens is 425 g/mol. The third-order valence-electron chi connectivity index (χ3n) is 5.04. The molecule has 0 bridgehead atoms. The Morgan fingerprint density at radius 3 is 2.14 bits per heavy atom. The summed E-state index contributed by atoms with van der Waals surface area (Å²) in [6, 6.07) is 18.1. The van der Waals surface area contributed by atoms with Crippen LogP contribution in [0.2, 0.25) is 0 Å². The molecule has 4 heteroatoms. The monoisotopic (exact) mass is 451 g/mol. The van der Waals surface area contributed by atoms with Gasteiger partial charge in [0.25, 0.3) is 0 Å². The fourth-order valence-electron chi connectivity index (χ4n) is 3.43. The van der Waals surface area contributed by atoms with Crippen LogP contribution in [0.15, 0.2) is 72.3 Å². The van der Waals surface area contributed by atoms with Crippen molar-refractivity contribution in [3.05, 3.63) is 100 Å². The number of rotatable bonds is 6. The summed E-state index contributed by atoms with van der Waals surface area (Å²) in [6.07, 6.45) is 8.65. The summed E-state index contributed by atoms with van der Waals surface area (Å²) in [5.41, 5.74) is 6.36. The van der Waals surface area contributed by atoms with E-state index >= 15 is 0 Å². The van der Waals surface area contributed by atoms with Crippen LogP contribution in [-0.2, 0) is 13.4 Å². The number of nitrogens with zero attached hydrogens (tertiary/aromatic N) is 1. The van der Waals surface area contributed by atoms with Crippen molar-refractivity contribution in [2.45, 2.75) is 40.5 Å². The topological polar surface area (TPSA) is 14.1 Å². The minimum atomic E-state index is -0.181. The SMILES string of the molecule is Cc1cccc(C)c1[N-][C-](CC(C)(C)C1=CC=CC1)c1ccccc1.[Cl][Cr][Cl]. The van der Waals surface area contributed by atoms with Gasteiger partial charge in [-0.1, -0.05) is 79.5 Å². The Kier molecular flexibility index (Phi) is 9.06. The van der Waals surface area contributed by atoms with Crippen molar-refractivity contribution >= 4 is 25.8 Å². The van der Waals surface area contributed by atoms with E-state index in [0.717, 1.165) is 24.6 Å². The molecule has 0 spiro atoms. The van der Waals surface area contributed by atoms with Crippen molar-refractivity contribution in [1.29, 1.82) is 0 Å². The molecule has 0 aromatic heterocycles. The van der Waals surface area contributed by atoms with Crippen molar-refractivity contribution in [3.8, 4) is 0 Å². The number of allylic oxidation sites excluding steroid dienone is 4. The van der Waals surface area contributed by atoms with Gasteiger partial charge in [-0.3, -0.25) is 6.04 Å². The van der Waals surface area contributed by atoms with E-state index in [4.69, 9.17) is 25.4 Å². The van der Waals surface area contributed by atoms with Gasteiger partial charge >= 0.3 is 33.5 Å². The van der Waals surface area contributed by atoms with E-state index in [-0.39, 0.29) is 18.8 Å². The van der Waals surface area contributed by atoms with Crippen LogP contribution in [0.3, 0.4) is 0 Å². The molecular formula is C24H27Cl2CrN-2. The van der Waals surface area contributed by atoms with E-state index in [1.54, 1.807) is 0 Å². The molecule has 2 aromatic carbocycles. The molecule has 3 rings (SSSR count). The maximum absolute atomic E-state index is 5.15. The summed E-state index contributed by atoms with van der Waals surface area (Å²) < 4.78 is 0. The Morgan fingerprint density at radius 1 is 1.00 bits per heavy atom. The Hall–Kier alpha value is -1.30. The number of aryl methyl sites for hydroxylation is 2. The molecule has 0 heterocycles. The molecule has 28 heavy (non-hydrogen) atoms. The summed E-state index contributed by atoms with van der Waals surface area (Å²) in [7, 11) is 9.65. The second-order valence-corrected chi connectivity index (χ2v) is 9.71. The molecule has 0 saturated heterocycles. The summed E-state index contributed by atoms with van der Waals surface area (Å²) in [5, 5.41) is 5.15. The van der Waals surface area contributed by atoms with Crippen LogP contribution >= 0.6 is 20.1 Å². The summed E-state index contributed by atoms with van der Waals surface area (Å²) in [5.74, 6) is 0. The van der Waals surface area contributed by atoms with Gasteiger partial charge in [-0.05, 0) is 25.7 Å². The second-order valence-electron chi connectivity index (χ2n) is 7.61. The van der Waals surface area contributed by atoms with Gasteiger partial charge in [0.15, 0.2) is 0 Å². The fraction of sp³-hybridized carbons (Fsp3) is 0.292. The molecule has 1 nitrogen and oxygen atoms in total. The quantitative estimate of drug-likeness (QED) is 0.390. The average Bonchev–Trinajstić information content (AvgIpc) is 3.21. The second kappa shape index (κ2) is 11.0. The van der Waals surface area contributed by atoms with Crippen LogP contribution < -0.4 is 0 Å². The van der Waals surface area contributed by atoms with Gasteiger partial charge in [0.05, 0.1) is 0 Å². The molecule has 1 aliphatic carbocycles. The Balaban J connectivity index is 0.000000878. The van der Waals surface area contributed by atoms with E-state index in [0.29, 0.717) is 0 Å². The molecule has 0 radical (unpaired) electrons. The maximum atomic E-state index is 5.15. The molecule has 2 aromatic rings. The molecule has 0 saturated carbocycles. The average molecular weight is 452 g/mol. The normalized spacial score (nSPS) is 12.9. The first-order valence-electron chi connectivity index (χ1n) is 9.33. The first-order valence-corrected chi connectivity index (χ1v) is 12.8. The van der Waals surface area contributed by atoms with Crippen LogP contribution in [0.1, 0.15) is 43.4 Å². The van der Waals surface area contributed by atoms with Crippen molar-refractivity contribution in [1.82, 2.24) is 0 Å². The molecule has 0 atom stereocenters. The molecule has 0 N–H and O–H groups in total. The van der Waals surface area contributed by atoms with E-state index < -0.39 is 0 Å². The van der Waals surface area contributed by atoms with Crippen LogP contribution in [0, 0.1) is 25.3 Å². The van der Waals surface area contributed by atoms with E-state index in [9.17, 15) is 0 Å². The number of halogens is 2. The van der Waals surface area contributed by atoms with E-state index in [1.807, 2.05) is 0 Å². The Morgan fingerprint density at radius 2 is 1.61 bits per heavy atom. The molecule has 1 aliphatic rings. The molecule has 0 amide bonds. The minimum absolute atomic E-state index is 0.0920. The first kappa shape index (κ1) is 23.0. The van der Waals surface area contributed by atoms with E-state index in [1.165, 1.54) is 22.3 Å². The predicted molar refractivity (Wildman–Crippen MR) is 120 cm³/mol. The zero-order valence-corrected chi connectivity index (χ0v) is 19.7. The summed E-state index contributed by atoms with van der Waals surface area (Å²) in [6.45, 7) is 8.94. The predicted octanol–water partition coefficient (Wildman–Crippen LogP) is 8.57. The standard InChI is InChI=1S/C24H27N.2ClH.Cr/c1-18-11-10-12-19(2)23(18)25-22(20-13-6-5-7-14-20)17-24(3,4)21-15-8-9-16-21;;;/h5-15H,16-17H2,1-4H3;2*1H;/q-2;;;+2/p-2. The van der Waals surface area contributed by atoms with Crippen LogP contribution in [0.25, 0.3) is 5.32 Å². The number of hydrogen-bond donors (Lipinski definition) is 0. The zero-order valence-electron chi connectivity index (χ0n) is 16.9. The molecule has 0 fully saturated rings. The fourth-order valence-corrected chi connectivity index (χ4v) is 3.43. The Labute approximate surface area is 185 Å². The molecule has 0 aliphatic heterocycles. The van der Waals surface area contributed by atoms with Gasteiger partial charge in [0.1, 0.15) is 0 Å². The van der Waals surface area contributed by atoms with Crippen molar-refractivity contribution in [3.63, 3.8) is 0 Å². The van der Waals surface area contributed by atoms with Crippen LogP contribution in [0.5, 0.6) is 0 Å². The third-order valence-corrected chi connectivity index (χ3v) is 5.04. The zero-order chi connectivity index (χ0) is 20.6. The van der Waals surface area contributed by atoms with Crippen LogP contribution in [0.4, 0.5) is 5.69 Å². The Bertz CT molecular complexity index is 792. The third kappa shape index (κ3) is 6.36. The van der Waals surface area contributed by atoms with Crippen molar-refractivity contribution in [2.75, 3.05) is 0 Å². The van der Waals surface area contributed by atoms with Gasteiger partial charge < -0.3 is 5.32 Å². The van der Waals surface area contributed by atoms with E-state index in [2.05, 4.69) is 94.5 Å². The number of hydrogen-bond acceptors (Lipinski definition) is 0. The first-order chi connectivity index (χ1) is 13.4. The van der Waals surface area contributed by atoms with Gasteiger partial charge in [-0.15, -0.1) is 17.8 Å². The van der Waals surface area contributed by atoms with Gasteiger partial charge in [0, 0.05) is 0 Å².